The molecule has 0 saturated carbocycles. The van der Waals surface area contributed by atoms with E-state index in [0.29, 0.717) is 22.6 Å². The zero-order valence-electron chi connectivity index (χ0n) is 16.5. The van der Waals surface area contributed by atoms with Gasteiger partial charge in [-0.2, -0.15) is 5.26 Å². The molecule has 0 bridgehead atoms. The minimum atomic E-state index is -0.431. The lowest BCUT2D eigenvalue weighted by molar-refractivity contribution is -0.118. The molecule has 0 aliphatic rings. The second kappa shape index (κ2) is 9.89. The standard InChI is InChI=1S/C24H21N3O3/c1-17(18-9-3-2-4-10-18)26-24(29)20-12-6-7-13-21(20)27-23(28)16-30-22-14-8-5-11-19(22)15-25/h2-14,17H,16H2,1H3,(H,26,29)(H,27,28). The number of ether oxygens (including phenoxy) is 1. The largest absolute Gasteiger partial charge is 0.482 e. The molecule has 0 heterocycles. The molecule has 0 aliphatic heterocycles. The van der Waals surface area contributed by atoms with Gasteiger partial charge in [-0.25, -0.2) is 0 Å². The molecule has 30 heavy (non-hydrogen) atoms. The van der Waals surface area contributed by atoms with E-state index in [4.69, 9.17) is 10.00 Å². The molecule has 0 aliphatic carbocycles. The number of nitriles is 1. The van der Waals surface area contributed by atoms with E-state index in [1.807, 2.05) is 43.3 Å². The van der Waals surface area contributed by atoms with Crippen LogP contribution in [0.15, 0.2) is 78.9 Å². The van der Waals surface area contributed by atoms with Gasteiger partial charge in [0.05, 0.1) is 22.9 Å². The first-order valence-electron chi connectivity index (χ1n) is 9.45. The fourth-order valence-corrected chi connectivity index (χ4v) is 2.90. The molecular weight excluding hydrogens is 378 g/mol. The molecule has 0 saturated heterocycles. The number of nitrogens with one attached hydrogen (secondary N) is 2. The van der Waals surface area contributed by atoms with Crippen LogP contribution in [0.4, 0.5) is 5.69 Å². The average molecular weight is 399 g/mol. The van der Waals surface area contributed by atoms with E-state index in [9.17, 15) is 9.59 Å². The summed E-state index contributed by atoms with van der Waals surface area (Å²) in [4.78, 5) is 25.1. The van der Waals surface area contributed by atoms with Crippen LogP contribution >= 0.6 is 0 Å². The average Bonchev–Trinajstić information content (AvgIpc) is 2.78. The van der Waals surface area contributed by atoms with Gasteiger partial charge in [0.1, 0.15) is 11.8 Å². The first kappa shape index (κ1) is 20.6. The highest BCUT2D eigenvalue weighted by atomic mass is 16.5. The highest BCUT2D eigenvalue weighted by Gasteiger charge is 2.16. The Morgan fingerprint density at radius 3 is 2.40 bits per heavy atom. The van der Waals surface area contributed by atoms with Gasteiger partial charge < -0.3 is 15.4 Å². The van der Waals surface area contributed by atoms with E-state index in [0.717, 1.165) is 5.56 Å². The summed E-state index contributed by atoms with van der Waals surface area (Å²) in [5.74, 6) is -0.394. The van der Waals surface area contributed by atoms with Crippen LogP contribution in [0.1, 0.15) is 34.5 Å². The molecule has 1 atom stereocenters. The number of carbonyl (C=O) groups is 2. The Hall–Kier alpha value is -4.11. The molecule has 2 N–H and O–H groups in total. The number of anilines is 1. The maximum absolute atomic E-state index is 12.8. The molecule has 0 aromatic heterocycles. The van der Waals surface area contributed by atoms with Gasteiger partial charge in [-0.05, 0) is 36.8 Å². The van der Waals surface area contributed by atoms with Gasteiger partial charge in [0, 0.05) is 0 Å². The predicted octanol–water partition coefficient (Wildman–Crippen LogP) is 4.07. The number of hydrogen-bond donors (Lipinski definition) is 2. The van der Waals surface area contributed by atoms with Gasteiger partial charge in [-0.3, -0.25) is 9.59 Å². The Morgan fingerprint density at radius 2 is 1.63 bits per heavy atom. The summed E-state index contributed by atoms with van der Waals surface area (Å²) in [6, 6.07) is 24.9. The third-order valence-corrected chi connectivity index (χ3v) is 4.46. The highest BCUT2D eigenvalue weighted by molar-refractivity contribution is 6.04. The molecule has 6 heteroatoms. The van der Waals surface area contributed by atoms with Crippen LogP contribution in [0.5, 0.6) is 5.75 Å². The Bertz CT molecular complexity index is 1070. The van der Waals surface area contributed by atoms with Gasteiger partial charge in [0.25, 0.3) is 11.8 Å². The predicted molar refractivity (Wildman–Crippen MR) is 114 cm³/mol. The van der Waals surface area contributed by atoms with Crippen LogP contribution in [0.2, 0.25) is 0 Å². The zero-order chi connectivity index (χ0) is 21.3. The topological polar surface area (TPSA) is 91.2 Å². The zero-order valence-corrected chi connectivity index (χ0v) is 16.5. The van der Waals surface area contributed by atoms with Crippen LogP contribution < -0.4 is 15.4 Å². The van der Waals surface area contributed by atoms with E-state index >= 15 is 0 Å². The highest BCUT2D eigenvalue weighted by Crippen LogP contribution is 2.19. The van der Waals surface area contributed by atoms with Crippen molar-refractivity contribution in [2.45, 2.75) is 13.0 Å². The number of nitrogens with zero attached hydrogens (tertiary/aromatic N) is 1. The number of rotatable bonds is 7. The molecule has 150 valence electrons. The van der Waals surface area contributed by atoms with Crippen molar-refractivity contribution < 1.29 is 14.3 Å². The van der Waals surface area contributed by atoms with Gasteiger partial charge in [0.15, 0.2) is 6.61 Å². The lowest BCUT2D eigenvalue weighted by Crippen LogP contribution is -2.28. The van der Waals surface area contributed by atoms with Gasteiger partial charge in [-0.15, -0.1) is 0 Å². The van der Waals surface area contributed by atoms with Crippen molar-refractivity contribution in [3.05, 3.63) is 95.6 Å². The SMILES string of the molecule is CC(NC(=O)c1ccccc1NC(=O)COc1ccccc1C#N)c1ccccc1. The first-order chi connectivity index (χ1) is 14.6. The summed E-state index contributed by atoms with van der Waals surface area (Å²) < 4.78 is 5.45. The fourth-order valence-electron chi connectivity index (χ4n) is 2.90. The third-order valence-electron chi connectivity index (χ3n) is 4.46. The second-order valence-electron chi connectivity index (χ2n) is 6.60. The molecule has 1 unspecified atom stereocenters. The fraction of sp³-hybridized carbons (Fsp3) is 0.125. The van der Waals surface area contributed by atoms with Gasteiger partial charge in [0.2, 0.25) is 0 Å². The minimum absolute atomic E-state index is 0.187. The lowest BCUT2D eigenvalue weighted by atomic mass is 10.1. The van der Waals surface area contributed by atoms with Crippen LogP contribution in [0.3, 0.4) is 0 Å². The number of para-hydroxylation sites is 2. The second-order valence-corrected chi connectivity index (χ2v) is 6.60. The molecule has 3 aromatic carbocycles. The van der Waals surface area contributed by atoms with Gasteiger partial charge >= 0.3 is 0 Å². The molecule has 0 fully saturated rings. The normalized spacial score (nSPS) is 11.1. The van der Waals surface area contributed by atoms with E-state index in [1.165, 1.54) is 0 Å². The summed E-state index contributed by atoms with van der Waals surface area (Å²) in [6.45, 7) is 1.62. The minimum Gasteiger partial charge on any atom is -0.482 e. The summed E-state index contributed by atoms with van der Waals surface area (Å²) >= 11 is 0. The Morgan fingerprint density at radius 1 is 0.967 bits per heavy atom. The number of benzene rings is 3. The number of carbonyl (C=O) groups excluding carboxylic acids is 2. The molecular formula is C24H21N3O3. The van der Waals surface area contributed by atoms with Gasteiger partial charge in [-0.1, -0.05) is 54.6 Å². The Balaban J connectivity index is 1.65. The third kappa shape index (κ3) is 5.24. The molecule has 0 spiro atoms. The van der Waals surface area contributed by atoms with Crippen molar-refractivity contribution in [2.75, 3.05) is 11.9 Å². The maximum Gasteiger partial charge on any atom is 0.262 e. The monoisotopic (exact) mass is 399 g/mol. The number of hydrogen-bond acceptors (Lipinski definition) is 4. The van der Waals surface area contributed by atoms with E-state index in [1.54, 1.807) is 48.5 Å². The molecule has 2 amide bonds. The number of amides is 2. The van der Waals surface area contributed by atoms with E-state index in [2.05, 4.69) is 10.6 Å². The summed E-state index contributed by atoms with van der Waals surface area (Å²) in [5, 5.41) is 14.7. The lowest BCUT2D eigenvalue weighted by Gasteiger charge is -2.16. The molecule has 6 nitrogen and oxygen atoms in total. The molecule has 0 radical (unpaired) electrons. The first-order valence-corrected chi connectivity index (χ1v) is 9.45. The Labute approximate surface area is 175 Å². The van der Waals surface area contributed by atoms with E-state index < -0.39 is 5.91 Å². The van der Waals surface area contributed by atoms with Crippen molar-refractivity contribution in [1.82, 2.24) is 5.32 Å². The molecule has 3 aromatic rings. The van der Waals surface area contributed by atoms with Crippen LogP contribution in [-0.4, -0.2) is 18.4 Å². The summed E-state index contributed by atoms with van der Waals surface area (Å²) in [5.41, 5.74) is 2.07. The van der Waals surface area contributed by atoms with Crippen LogP contribution in [-0.2, 0) is 4.79 Å². The smallest absolute Gasteiger partial charge is 0.262 e. The van der Waals surface area contributed by atoms with Crippen LogP contribution in [0, 0.1) is 11.3 Å². The van der Waals surface area contributed by atoms with Crippen molar-refractivity contribution >= 4 is 17.5 Å². The van der Waals surface area contributed by atoms with Crippen LogP contribution in [0.25, 0.3) is 0 Å². The summed E-state index contributed by atoms with van der Waals surface area (Å²) in [7, 11) is 0. The van der Waals surface area contributed by atoms with Crippen molar-refractivity contribution in [1.29, 1.82) is 5.26 Å². The Kier molecular flexibility index (Phi) is 6.80. The van der Waals surface area contributed by atoms with E-state index in [-0.39, 0.29) is 18.6 Å². The van der Waals surface area contributed by atoms with Crippen molar-refractivity contribution in [3.63, 3.8) is 0 Å². The molecule has 3 rings (SSSR count). The quantitative estimate of drug-likeness (QED) is 0.627. The van der Waals surface area contributed by atoms with Crippen molar-refractivity contribution in [2.24, 2.45) is 0 Å². The summed E-state index contributed by atoms with van der Waals surface area (Å²) in [6.07, 6.45) is 0. The maximum atomic E-state index is 12.8. The van der Waals surface area contributed by atoms with Crippen molar-refractivity contribution in [3.8, 4) is 11.8 Å².